The van der Waals surface area contributed by atoms with E-state index in [1.54, 1.807) is 18.3 Å². The molecule has 1 aromatic carbocycles. The number of nitrogens with zero attached hydrogens (tertiary/aromatic N) is 2. The molecule has 0 amide bonds. The third-order valence-electron chi connectivity index (χ3n) is 3.69. The van der Waals surface area contributed by atoms with E-state index in [2.05, 4.69) is 41.4 Å². The number of hydrogen-bond donors (Lipinski definition) is 3. The van der Waals surface area contributed by atoms with Crippen molar-refractivity contribution in [3.05, 3.63) is 47.7 Å². The van der Waals surface area contributed by atoms with Crippen molar-refractivity contribution >= 4 is 16.0 Å². The van der Waals surface area contributed by atoms with Crippen molar-refractivity contribution in [2.75, 3.05) is 6.54 Å². The van der Waals surface area contributed by atoms with Gasteiger partial charge in [0.2, 0.25) is 15.9 Å². The number of primary sulfonamides is 1. The molecule has 2 aromatic rings. The maximum Gasteiger partial charge on any atom is 0.238 e. The molecule has 148 valence electrons. The van der Waals surface area contributed by atoms with E-state index >= 15 is 0 Å². The summed E-state index contributed by atoms with van der Waals surface area (Å²) in [5, 5.41) is 11.5. The Morgan fingerprint density at radius 3 is 2.63 bits per heavy atom. The Morgan fingerprint density at radius 2 is 2.04 bits per heavy atom. The first kappa shape index (κ1) is 20.9. The van der Waals surface area contributed by atoms with Gasteiger partial charge in [-0.15, -0.1) is 0 Å². The van der Waals surface area contributed by atoms with E-state index < -0.39 is 10.0 Å². The summed E-state index contributed by atoms with van der Waals surface area (Å²) in [7, 11) is -3.73. The highest BCUT2D eigenvalue weighted by Crippen LogP contribution is 2.22. The van der Waals surface area contributed by atoms with Crippen molar-refractivity contribution in [3.63, 3.8) is 0 Å². The lowest BCUT2D eigenvalue weighted by molar-refractivity contribution is 0.379. The average Bonchev–Trinajstić information content (AvgIpc) is 3.06. The number of hydrogen-bond acceptors (Lipinski definition) is 5. The molecule has 0 aliphatic carbocycles. The summed E-state index contributed by atoms with van der Waals surface area (Å²) in [6.45, 7) is 9.52. The van der Waals surface area contributed by atoms with Gasteiger partial charge in [-0.2, -0.15) is 0 Å². The predicted octanol–water partition coefficient (Wildman–Crippen LogP) is 1.87. The minimum atomic E-state index is -3.73. The minimum absolute atomic E-state index is 0.0719. The molecule has 0 saturated heterocycles. The average molecular weight is 394 g/mol. The van der Waals surface area contributed by atoms with Gasteiger partial charge in [0.15, 0.2) is 5.96 Å². The van der Waals surface area contributed by atoms with E-state index in [0.717, 1.165) is 11.3 Å². The third-order valence-corrected chi connectivity index (χ3v) is 4.60. The molecule has 0 aliphatic heterocycles. The highest BCUT2D eigenvalue weighted by atomic mass is 32.2. The number of sulfonamides is 1. The summed E-state index contributed by atoms with van der Waals surface area (Å²) in [6, 6.07) is 6.42. The fraction of sp³-hybridized carbons (Fsp3) is 0.444. The molecule has 0 radical (unpaired) electrons. The molecule has 9 heteroatoms. The summed E-state index contributed by atoms with van der Waals surface area (Å²) in [5.74, 6) is 1.97. The summed E-state index contributed by atoms with van der Waals surface area (Å²) in [4.78, 5) is 8.82. The van der Waals surface area contributed by atoms with Crippen molar-refractivity contribution in [3.8, 4) is 0 Å². The van der Waals surface area contributed by atoms with Crippen LogP contribution in [0.3, 0.4) is 0 Å². The molecular formula is C18H27N5O3S. The van der Waals surface area contributed by atoms with E-state index in [4.69, 9.17) is 9.56 Å². The van der Waals surface area contributed by atoms with Crippen molar-refractivity contribution in [2.45, 2.75) is 51.1 Å². The number of rotatable bonds is 6. The molecule has 0 aliphatic rings. The maximum atomic E-state index is 11.5. The van der Waals surface area contributed by atoms with Crippen LogP contribution in [0.5, 0.6) is 0 Å². The second-order valence-corrected chi connectivity index (χ2v) is 8.67. The van der Waals surface area contributed by atoms with E-state index in [1.807, 2.05) is 6.92 Å². The molecule has 1 heterocycles. The van der Waals surface area contributed by atoms with Gasteiger partial charge in [-0.1, -0.05) is 32.9 Å². The SMILES string of the molecule is CCNC(=NCc1cccc(S(N)(=O)=O)c1)NCc1ncc(C(C)(C)C)o1. The van der Waals surface area contributed by atoms with Gasteiger partial charge >= 0.3 is 0 Å². The fourth-order valence-corrected chi connectivity index (χ4v) is 2.81. The predicted molar refractivity (Wildman–Crippen MR) is 105 cm³/mol. The normalized spacial score (nSPS) is 12.9. The smallest absolute Gasteiger partial charge is 0.238 e. The standard InChI is InChI=1S/C18H27N5O3S/c1-5-20-17(23-12-16-21-11-15(26-16)18(2,3)4)22-10-13-7-6-8-14(9-13)27(19,24)25/h6-9,11H,5,10,12H2,1-4H3,(H2,19,24,25)(H2,20,22,23). The summed E-state index contributed by atoms with van der Waals surface area (Å²) in [6.07, 6.45) is 1.74. The Labute approximate surface area is 160 Å². The first-order valence-corrected chi connectivity index (χ1v) is 10.2. The van der Waals surface area contributed by atoms with Crippen LogP contribution in [0.2, 0.25) is 0 Å². The molecule has 0 fully saturated rings. The quantitative estimate of drug-likeness (QED) is 0.509. The van der Waals surface area contributed by atoms with Gasteiger partial charge in [-0.3, -0.25) is 0 Å². The monoisotopic (exact) mass is 393 g/mol. The Balaban J connectivity index is 2.05. The van der Waals surface area contributed by atoms with Crippen molar-refractivity contribution in [1.29, 1.82) is 0 Å². The van der Waals surface area contributed by atoms with Crippen LogP contribution in [0.25, 0.3) is 0 Å². The molecule has 1 aromatic heterocycles. The lowest BCUT2D eigenvalue weighted by Crippen LogP contribution is -2.36. The van der Waals surface area contributed by atoms with Gasteiger partial charge in [0, 0.05) is 12.0 Å². The van der Waals surface area contributed by atoms with Gasteiger partial charge in [0.1, 0.15) is 5.76 Å². The Bertz CT molecular complexity index is 898. The molecule has 0 unspecified atom stereocenters. The van der Waals surface area contributed by atoms with E-state index in [9.17, 15) is 8.42 Å². The topological polar surface area (TPSA) is 123 Å². The molecule has 2 rings (SSSR count). The van der Waals surface area contributed by atoms with E-state index in [-0.39, 0.29) is 10.3 Å². The number of nitrogens with one attached hydrogen (secondary N) is 2. The second kappa shape index (κ2) is 8.53. The first-order valence-electron chi connectivity index (χ1n) is 8.68. The highest BCUT2D eigenvalue weighted by molar-refractivity contribution is 7.89. The molecule has 0 atom stereocenters. The van der Waals surface area contributed by atoms with Crippen LogP contribution in [0, 0.1) is 0 Å². The van der Waals surface area contributed by atoms with Gasteiger partial charge in [-0.05, 0) is 24.6 Å². The molecular weight excluding hydrogens is 366 g/mol. The van der Waals surface area contributed by atoms with Crippen LogP contribution < -0.4 is 15.8 Å². The summed E-state index contributed by atoms with van der Waals surface area (Å²) in [5.41, 5.74) is 0.642. The molecule has 8 nitrogen and oxygen atoms in total. The van der Waals surface area contributed by atoms with Gasteiger partial charge < -0.3 is 15.1 Å². The van der Waals surface area contributed by atoms with Crippen LogP contribution in [0.15, 0.2) is 44.8 Å². The van der Waals surface area contributed by atoms with Crippen LogP contribution in [-0.2, 0) is 28.5 Å². The van der Waals surface area contributed by atoms with Crippen LogP contribution in [-0.4, -0.2) is 25.9 Å². The van der Waals surface area contributed by atoms with Gasteiger partial charge in [0.05, 0.1) is 24.2 Å². The van der Waals surface area contributed by atoms with Gasteiger partial charge in [-0.25, -0.2) is 23.5 Å². The zero-order valence-corrected chi connectivity index (χ0v) is 16.9. The number of nitrogens with two attached hydrogens (primary N) is 1. The Kier molecular flexibility index (Phi) is 6.61. The number of aliphatic imine (C=N–C) groups is 1. The summed E-state index contributed by atoms with van der Waals surface area (Å²) < 4.78 is 28.7. The Hall–Kier alpha value is -2.39. The maximum absolute atomic E-state index is 11.5. The molecule has 0 spiro atoms. The highest BCUT2D eigenvalue weighted by Gasteiger charge is 2.19. The lowest BCUT2D eigenvalue weighted by atomic mass is 9.94. The lowest BCUT2D eigenvalue weighted by Gasteiger charge is -2.13. The number of benzene rings is 1. The molecule has 27 heavy (non-hydrogen) atoms. The van der Waals surface area contributed by atoms with Crippen LogP contribution >= 0.6 is 0 Å². The molecule has 0 saturated carbocycles. The van der Waals surface area contributed by atoms with Crippen LogP contribution in [0.4, 0.5) is 0 Å². The van der Waals surface area contributed by atoms with E-state index in [1.165, 1.54) is 12.1 Å². The zero-order chi connectivity index (χ0) is 20.1. The second-order valence-electron chi connectivity index (χ2n) is 7.11. The number of aromatic nitrogens is 1. The number of guanidine groups is 1. The molecule has 0 bridgehead atoms. The largest absolute Gasteiger partial charge is 0.443 e. The minimum Gasteiger partial charge on any atom is -0.443 e. The van der Waals surface area contributed by atoms with Crippen molar-refractivity contribution in [1.82, 2.24) is 15.6 Å². The van der Waals surface area contributed by atoms with Gasteiger partial charge in [0.25, 0.3) is 0 Å². The Morgan fingerprint density at radius 1 is 1.30 bits per heavy atom. The zero-order valence-electron chi connectivity index (χ0n) is 16.1. The van der Waals surface area contributed by atoms with E-state index in [0.29, 0.717) is 31.5 Å². The van der Waals surface area contributed by atoms with Crippen molar-refractivity contribution in [2.24, 2.45) is 10.1 Å². The number of oxazole rings is 1. The first-order chi connectivity index (χ1) is 12.6. The summed E-state index contributed by atoms with van der Waals surface area (Å²) >= 11 is 0. The third kappa shape index (κ3) is 6.37. The molecule has 4 N–H and O–H groups in total. The van der Waals surface area contributed by atoms with Crippen LogP contribution in [0.1, 0.15) is 44.9 Å². The fourth-order valence-electron chi connectivity index (χ4n) is 2.23. The van der Waals surface area contributed by atoms with Crippen molar-refractivity contribution < 1.29 is 12.8 Å².